The normalized spacial score (nSPS) is 15.2. The molecule has 0 spiro atoms. The SMILES string of the molecule is Cc1ccc(CN2CCN(C(=O)Nc3ccc(Cl)cc3F)CC2)cc1. The maximum atomic E-state index is 13.8. The van der Waals surface area contributed by atoms with Gasteiger partial charge in [-0.05, 0) is 30.7 Å². The highest BCUT2D eigenvalue weighted by molar-refractivity contribution is 6.30. The monoisotopic (exact) mass is 361 g/mol. The first-order chi connectivity index (χ1) is 12.0. The summed E-state index contributed by atoms with van der Waals surface area (Å²) in [5, 5.41) is 2.92. The van der Waals surface area contributed by atoms with Gasteiger partial charge in [-0.3, -0.25) is 4.90 Å². The number of anilines is 1. The van der Waals surface area contributed by atoms with E-state index in [-0.39, 0.29) is 11.7 Å². The Morgan fingerprint density at radius 1 is 1.12 bits per heavy atom. The fourth-order valence-corrected chi connectivity index (χ4v) is 3.00. The second kappa shape index (κ2) is 7.85. The first kappa shape index (κ1) is 17.7. The molecule has 1 aliphatic rings. The van der Waals surface area contributed by atoms with E-state index < -0.39 is 5.82 Å². The highest BCUT2D eigenvalue weighted by Gasteiger charge is 2.21. The Morgan fingerprint density at radius 3 is 2.44 bits per heavy atom. The highest BCUT2D eigenvalue weighted by Crippen LogP contribution is 2.19. The lowest BCUT2D eigenvalue weighted by molar-refractivity contribution is 0.143. The lowest BCUT2D eigenvalue weighted by atomic mass is 10.1. The minimum Gasteiger partial charge on any atom is -0.322 e. The molecule has 1 N–H and O–H groups in total. The third-order valence-electron chi connectivity index (χ3n) is 4.36. The second-order valence-corrected chi connectivity index (χ2v) is 6.74. The number of halogens is 2. The molecule has 0 radical (unpaired) electrons. The average molecular weight is 362 g/mol. The van der Waals surface area contributed by atoms with Gasteiger partial charge in [0.15, 0.2) is 0 Å². The molecule has 2 aromatic rings. The number of hydrogen-bond donors (Lipinski definition) is 1. The number of rotatable bonds is 3. The lowest BCUT2D eigenvalue weighted by Crippen LogP contribution is -2.49. The number of benzene rings is 2. The summed E-state index contributed by atoms with van der Waals surface area (Å²) >= 11 is 5.72. The minimum absolute atomic E-state index is 0.150. The van der Waals surface area contributed by atoms with E-state index >= 15 is 0 Å². The van der Waals surface area contributed by atoms with Crippen molar-refractivity contribution in [2.24, 2.45) is 0 Å². The van der Waals surface area contributed by atoms with Crippen LogP contribution in [0, 0.1) is 12.7 Å². The minimum atomic E-state index is -0.529. The van der Waals surface area contributed by atoms with Gasteiger partial charge < -0.3 is 10.2 Å². The zero-order valence-electron chi connectivity index (χ0n) is 14.1. The maximum Gasteiger partial charge on any atom is 0.322 e. The van der Waals surface area contributed by atoms with Crippen LogP contribution >= 0.6 is 11.6 Å². The predicted octanol–water partition coefficient (Wildman–Crippen LogP) is 4.14. The van der Waals surface area contributed by atoms with Crippen LogP contribution in [0.4, 0.5) is 14.9 Å². The number of aryl methyl sites for hydroxylation is 1. The van der Waals surface area contributed by atoms with Gasteiger partial charge in [-0.15, -0.1) is 0 Å². The van der Waals surface area contributed by atoms with Crippen LogP contribution in [-0.4, -0.2) is 42.0 Å². The van der Waals surface area contributed by atoms with E-state index in [1.165, 1.54) is 23.3 Å². The van der Waals surface area contributed by atoms with Gasteiger partial charge in [0.2, 0.25) is 0 Å². The van der Waals surface area contributed by atoms with Gasteiger partial charge in [-0.25, -0.2) is 9.18 Å². The predicted molar refractivity (Wildman–Crippen MR) is 98.5 cm³/mol. The third kappa shape index (κ3) is 4.71. The number of amides is 2. The fourth-order valence-electron chi connectivity index (χ4n) is 2.85. The van der Waals surface area contributed by atoms with Gasteiger partial charge in [0, 0.05) is 37.7 Å². The fraction of sp³-hybridized carbons (Fsp3) is 0.316. The average Bonchev–Trinajstić information content (AvgIpc) is 2.60. The standard InChI is InChI=1S/C19H21ClFN3O/c1-14-2-4-15(5-3-14)13-23-8-10-24(11-9-23)19(25)22-18-7-6-16(20)12-17(18)21/h2-7,12H,8-11,13H2,1H3,(H,22,25). The van der Waals surface area contributed by atoms with Crippen LogP contribution in [0.2, 0.25) is 5.02 Å². The molecule has 0 aliphatic carbocycles. The molecule has 1 fully saturated rings. The number of carbonyl (C=O) groups is 1. The number of nitrogens with zero attached hydrogens (tertiary/aromatic N) is 2. The molecule has 2 amide bonds. The molecule has 2 aromatic carbocycles. The van der Waals surface area contributed by atoms with Crippen LogP contribution in [0.15, 0.2) is 42.5 Å². The summed E-state index contributed by atoms with van der Waals surface area (Å²) in [7, 11) is 0. The molecular weight excluding hydrogens is 341 g/mol. The zero-order chi connectivity index (χ0) is 17.8. The van der Waals surface area contributed by atoms with Crippen molar-refractivity contribution in [1.82, 2.24) is 9.80 Å². The van der Waals surface area contributed by atoms with E-state index in [0.29, 0.717) is 18.1 Å². The quantitative estimate of drug-likeness (QED) is 0.891. The van der Waals surface area contributed by atoms with Crippen LogP contribution < -0.4 is 5.32 Å². The van der Waals surface area contributed by atoms with Crippen molar-refractivity contribution in [3.63, 3.8) is 0 Å². The summed E-state index contributed by atoms with van der Waals surface area (Å²) in [6, 6.07) is 12.4. The molecule has 0 bridgehead atoms. The summed E-state index contributed by atoms with van der Waals surface area (Å²) in [6.07, 6.45) is 0. The lowest BCUT2D eigenvalue weighted by Gasteiger charge is -2.34. The van der Waals surface area contributed by atoms with Crippen molar-refractivity contribution < 1.29 is 9.18 Å². The molecule has 0 saturated carbocycles. The molecule has 0 atom stereocenters. The van der Waals surface area contributed by atoms with E-state index in [4.69, 9.17) is 11.6 Å². The first-order valence-corrected chi connectivity index (χ1v) is 8.68. The summed E-state index contributed by atoms with van der Waals surface area (Å²) < 4.78 is 13.8. The van der Waals surface area contributed by atoms with Gasteiger partial charge >= 0.3 is 6.03 Å². The molecule has 132 valence electrons. The van der Waals surface area contributed by atoms with Crippen molar-refractivity contribution in [3.8, 4) is 0 Å². The van der Waals surface area contributed by atoms with Crippen molar-refractivity contribution in [2.75, 3.05) is 31.5 Å². The number of nitrogens with one attached hydrogen (secondary N) is 1. The summed E-state index contributed by atoms with van der Waals surface area (Å²) in [5.74, 6) is -0.529. The first-order valence-electron chi connectivity index (χ1n) is 8.30. The molecule has 6 heteroatoms. The largest absolute Gasteiger partial charge is 0.322 e. The van der Waals surface area contributed by atoms with Crippen LogP contribution in [0.1, 0.15) is 11.1 Å². The highest BCUT2D eigenvalue weighted by atomic mass is 35.5. The molecule has 1 aliphatic heterocycles. The van der Waals surface area contributed by atoms with E-state index in [0.717, 1.165) is 19.6 Å². The molecule has 25 heavy (non-hydrogen) atoms. The summed E-state index contributed by atoms with van der Waals surface area (Å²) in [4.78, 5) is 16.3. The molecule has 1 heterocycles. The molecule has 0 unspecified atom stereocenters. The van der Waals surface area contributed by atoms with Gasteiger partial charge in [-0.1, -0.05) is 41.4 Å². The van der Waals surface area contributed by atoms with Crippen molar-refractivity contribution in [2.45, 2.75) is 13.5 Å². The Kier molecular flexibility index (Phi) is 5.56. The Balaban J connectivity index is 1.51. The number of hydrogen-bond acceptors (Lipinski definition) is 2. The molecule has 3 rings (SSSR count). The van der Waals surface area contributed by atoms with Gasteiger partial charge in [0.25, 0.3) is 0 Å². The Hall–Kier alpha value is -2.11. The van der Waals surface area contributed by atoms with Crippen molar-refractivity contribution >= 4 is 23.3 Å². The Morgan fingerprint density at radius 2 is 1.80 bits per heavy atom. The zero-order valence-corrected chi connectivity index (χ0v) is 14.9. The topological polar surface area (TPSA) is 35.6 Å². The van der Waals surface area contributed by atoms with E-state index in [1.54, 1.807) is 11.0 Å². The van der Waals surface area contributed by atoms with Crippen LogP contribution in [0.25, 0.3) is 0 Å². The molecule has 4 nitrogen and oxygen atoms in total. The number of urea groups is 1. The van der Waals surface area contributed by atoms with E-state index in [1.807, 2.05) is 0 Å². The Labute approximate surface area is 152 Å². The van der Waals surface area contributed by atoms with Crippen molar-refractivity contribution in [1.29, 1.82) is 0 Å². The number of carbonyl (C=O) groups excluding carboxylic acids is 1. The van der Waals surface area contributed by atoms with E-state index in [2.05, 4.69) is 41.4 Å². The Bertz CT molecular complexity index is 743. The molecule has 1 saturated heterocycles. The summed E-state index contributed by atoms with van der Waals surface area (Å²) in [5.41, 5.74) is 2.67. The van der Waals surface area contributed by atoms with Gasteiger partial charge in [-0.2, -0.15) is 0 Å². The van der Waals surface area contributed by atoms with E-state index in [9.17, 15) is 9.18 Å². The van der Waals surface area contributed by atoms with Crippen LogP contribution in [0.5, 0.6) is 0 Å². The third-order valence-corrected chi connectivity index (χ3v) is 4.59. The van der Waals surface area contributed by atoms with Crippen LogP contribution in [0.3, 0.4) is 0 Å². The maximum absolute atomic E-state index is 13.8. The van der Waals surface area contributed by atoms with Crippen molar-refractivity contribution in [3.05, 3.63) is 64.4 Å². The number of piperazine rings is 1. The molecule has 0 aromatic heterocycles. The second-order valence-electron chi connectivity index (χ2n) is 6.30. The summed E-state index contributed by atoms with van der Waals surface area (Å²) in [6.45, 7) is 5.78. The van der Waals surface area contributed by atoms with Gasteiger partial charge in [0.05, 0.1) is 5.69 Å². The van der Waals surface area contributed by atoms with Gasteiger partial charge in [0.1, 0.15) is 5.82 Å². The van der Waals surface area contributed by atoms with Crippen LogP contribution in [-0.2, 0) is 6.54 Å². The molecular formula is C19H21ClFN3O. The smallest absolute Gasteiger partial charge is 0.322 e.